The van der Waals surface area contributed by atoms with Crippen LogP contribution >= 0.6 is 0 Å². The molecule has 1 aliphatic rings. The molecule has 6 heteroatoms. The van der Waals surface area contributed by atoms with Crippen molar-refractivity contribution in [3.8, 4) is 17.2 Å². The van der Waals surface area contributed by atoms with Crippen molar-refractivity contribution in [1.82, 2.24) is 0 Å². The molecule has 0 saturated heterocycles. The number of amides is 1. The van der Waals surface area contributed by atoms with E-state index in [1.54, 1.807) is 42.5 Å². The summed E-state index contributed by atoms with van der Waals surface area (Å²) in [6.07, 6.45) is 0.722. The standard InChI is InChI=1S/C16H13NO5/c18-8-11-2-1-3-13(6-11)20-9-16(19)17-12-4-5-14-15(7-12)22-10-21-14/h1-8H,9-10H2,(H,17,19). The number of benzene rings is 2. The molecule has 1 amide bonds. The van der Waals surface area contributed by atoms with E-state index in [1.165, 1.54) is 0 Å². The molecule has 0 aromatic heterocycles. The van der Waals surface area contributed by atoms with Crippen molar-refractivity contribution in [1.29, 1.82) is 0 Å². The Hall–Kier alpha value is -3.02. The molecule has 0 fully saturated rings. The molecule has 0 unspecified atom stereocenters. The van der Waals surface area contributed by atoms with Gasteiger partial charge in [-0.25, -0.2) is 0 Å². The quantitative estimate of drug-likeness (QED) is 0.857. The number of rotatable bonds is 5. The highest BCUT2D eigenvalue weighted by atomic mass is 16.7. The summed E-state index contributed by atoms with van der Waals surface area (Å²) in [4.78, 5) is 22.5. The van der Waals surface area contributed by atoms with E-state index < -0.39 is 0 Å². The van der Waals surface area contributed by atoms with Gasteiger partial charge in [0.1, 0.15) is 12.0 Å². The largest absolute Gasteiger partial charge is 0.484 e. The van der Waals surface area contributed by atoms with Crippen LogP contribution in [0.25, 0.3) is 0 Å². The minimum absolute atomic E-state index is 0.156. The number of anilines is 1. The molecule has 0 aliphatic carbocycles. The SMILES string of the molecule is O=Cc1cccc(OCC(=O)Nc2ccc3c(c2)OCO3)c1. The first-order valence-electron chi connectivity index (χ1n) is 6.62. The van der Waals surface area contributed by atoms with E-state index in [2.05, 4.69) is 5.32 Å². The van der Waals surface area contributed by atoms with Crippen LogP contribution in [0.2, 0.25) is 0 Å². The Morgan fingerprint density at radius 3 is 2.91 bits per heavy atom. The van der Waals surface area contributed by atoms with E-state index in [4.69, 9.17) is 14.2 Å². The zero-order valence-corrected chi connectivity index (χ0v) is 11.6. The van der Waals surface area contributed by atoms with Gasteiger partial charge < -0.3 is 19.5 Å². The molecule has 112 valence electrons. The van der Waals surface area contributed by atoms with Gasteiger partial charge in [-0.15, -0.1) is 0 Å². The normalized spacial score (nSPS) is 11.8. The zero-order chi connectivity index (χ0) is 15.4. The maximum Gasteiger partial charge on any atom is 0.262 e. The summed E-state index contributed by atoms with van der Waals surface area (Å²) in [5.74, 6) is 1.40. The molecule has 1 heterocycles. The lowest BCUT2D eigenvalue weighted by Crippen LogP contribution is -2.20. The Kier molecular flexibility index (Phi) is 3.91. The minimum Gasteiger partial charge on any atom is -0.484 e. The van der Waals surface area contributed by atoms with Crippen LogP contribution in [0.15, 0.2) is 42.5 Å². The van der Waals surface area contributed by atoms with E-state index in [0.717, 1.165) is 6.29 Å². The first-order chi connectivity index (χ1) is 10.7. The molecule has 3 rings (SSSR count). The highest BCUT2D eigenvalue weighted by Crippen LogP contribution is 2.34. The lowest BCUT2D eigenvalue weighted by atomic mass is 10.2. The van der Waals surface area contributed by atoms with E-state index in [0.29, 0.717) is 28.5 Å². The summed E-state index contributed by atoms with van der Waals surface area (Å²) >= 11 is 0. The van der Waals surface area contributed by atoms with Crippen LogP contribution in [0, 0.1) is 0 Å². The fourth-order valence-electron chi connectivity index (χ4n) is 2.00. The maximum absolute atomic E-state index is 11.9. The van der Waals surface area contributed by atoms with Crippen LogP contribution in [-0.2, 0) is 4.79 Å². The Morgan fingerprint density at radius 2 is 2.05 bits per heavy atom. The summed E-state index contributed by atoms with van der Waals surface area (Å²) in [6.45, 7) is 0.0274. The minimum atomic E-state index is -0.310. The van der Waals surface area contributed by atoms with Gasteiger partial charge >= 0.3 is 0 Å². The van der Waals surface area contributed by atoms with Gasteiger partial charge in [-0.3, -0.25) is 9.59 Å². The number of carbonyl (C=O) groups excluding carboxylic acids is 2. The van der Waals surface area contributed by atoms with E-state index in [1.807, 2.05) is 0 Å². The molecule has 1 aliphatic heterocycles. The zero-order valence-electron chi connectivity index (χ0n) is 11.6. The van der Waals surface area contributed by atoms with Crippen LogP contribution in [0.4, 0.5) is 5.69 Å². The number of nitrogens with one attached hydrogen (secondary N) is 1. The monoisotopic (exact) mass is 299 g/mol. The highest BCUT2D eigenvalue weighted by molar-refractivity contribution is 5.92. The first-order valence-corrected chi connectivity index (χ1v) is 6.62. The van der Waals surface area contributed by atoms with Gasteiger partial charge in [-0.2, -0.15) is 0 Å². The van der Waals surface area contributed by atoms with Crippen LogP contribution in [0.1, 0.15) is 10.4 Å². The van der Waals surface area contributed by atoms with Gasteiger partial charge in [-0.1, -0.05) is 12.1 Å². The maximum atomic E-state index is 11.9. The van der Waals surface area contributed by atoms with Crippen molar-refractivity contribution in [2.24, 2.45) is 0 Å². The van der Waals surface area contributed by atoms with E-state index in [-0.39, 0.29) is 19.3 Å². The van der Waals surface area contributed by atoms with Crippen molar-refractivity contribution in [2.75, 3.05) is 18.7 Å². The molecule has 22 heavy (non-hydrogen) atoms. The fraction of sp³-hybridized carbons (Fsp3) is 0.125. The Balaban J connectivity index is 1.57. The second-order valence-electron chi connectivity index (χ2n) is 4.60. The molecule has 0 spiro atoms. The first kappa shape index (κ1) is 13.9. The molecule has 6 nitrogen and oxygen atoms in total. The summed E-state index contributed by atoms with van der Waals surface area (Å²) in [5, 5.41) is 2.70. The van der Waals surface area contributed by atoms with Gasteiger partial charge in [0.05, 0.1) is 0 Å². The number of ether oxygens (including phenoxy) is 3. The van der Waals surface area contributed by atoms with Gasteiger partial charge in [0.15, 0.2) is 18.1 Å². The number of aldehydes is 1. The number of carbonyl (C=O) groups is 2. The van der Waals surface area contributed by atoms with Crippen molar-refractivity contribution in [3.63, 3.8) is 0 Å². The highest BCUT2D eigenvalue weighted by Gasteiger charge is 2.14. The molecule has 0 radical (unpaired) electrons. The second kappa shape index (κ2) is 6.17. The third kappa shape index (κ3) is 3.17. The Morgan fingerprint density at radius 1 is 1.18 bits per heavy atom. The average molecular weight is 299 g/mol. The smallest absolute Gasteiger partial charge is 0.262 e. The molecule has 1 N–H and O–H groups in total. The van der Waals surface area contributed by atoms with Crippen LogP contribution in [0.5, 0.6) is 17.2 Å². The van der Waals surface area contributed by atoms with Crippen LogP contribution in [-0.4, -0.2) is 25.6 Å². The summed E-state index contributed by atoms with van der Waals surface area (Å²) in [5.41, 5.74) is 1.09. The van der Waals surface area contributed by atoms with E-state index >= 15 is 0 Å². The molecule has 2 aromatic rings. The lowest BCUT2D eigenvalue weighted by molar-refractivity contribution is -0.118. The Bertz CT molecular complexity index is 713. The van der Waals surface area contributed by atoms with Crippen LogP contribution < -0.4 is 19.5 Å². The average Bonchev–Trinajstić information content (AvgIpc) is 3.01. The number of fused-ring (bicyclic) bond motifs is 1. The summed E-state index contributed by atoms with van der Waals surface area (Å²) in [7, 11) is 0. The van der Waals surface area contributed by atoms with Gasteiger partial charge in [0, 0.05) is 17.3 Å². The van der Waals surface area contributed by atoms with Crippen molar-refractivity contribution in [3.05, 3.63) is 48.0 Å². The van der Waals surface area contributed by atoms with Gasteiger partial charge in [0.25, 0.3) is 5.91 Å². The van der Waals surface area contributed by atoms with Crippen molar-refractivity contribution < 1.29 is 23.8 Å². The molecule has 0 atom stereocenters. The van der Waals surface area contributed by atoms with E-state index in [9.17, 15) is 9.59 Å². The van der Waals surface area contributed by atoms with Gasteiger partial charge in [-0.05, 0) is 24.3 Å². The predicted octanol–water partition coefficient (Wildman–Crippen LogP) is 2.25. The lowest BCUT2D eigenvalue weighted by Gasteiger charge is -2.08. The number of hydrogen-bond acceptors (Lipinski definition) is 5. The summed E-state index contributed by atoms with van der Waals surface area (Å²) < 4.78 is 15.8. The third-order valence-corrected chi connectivity index (χ3v) is 3.02. The molecule has 0 bridgehead atoms. The van der Waals surface area contributed by atoms with Crippen LogP contribution in [0.3, 0.4) is 0 Å². The van der Waals surface area contributed by atoms with Crippen molar-refractivity contribution >= 4 is 17.9 Å². The third-order valence-electron chi connectivity index (χ3n) is 3.02. The second-order valence-corrected chi connectivity index (χ2v) is 4.60. The van der Waals surface area contributed by atoms with Gasteiger partial charge in [0.2, 0.25) is 6.79 Å². The predicted molar refractivity (Wildman–Crippen MR) is 78.5 cm³/mol. The van der Waals surface area contributed by atoms with Crippen molar-refractivity contribution in [2.45, 2.75) is 0 Å². The molecule has 2 aromatic carbocycles. The molecular weight excluding hydrogens is 286 g/mol. The molecular formula is C16H13NO5. The topological polar surface area (TPSA) is 73.9 Å². The number of hydrogen-bond donors (Lipinski definition) is 1. The fourth-order valence-corrected chi connectivity index (χ4v) is 2.00. The summed E-state index contributed by atoms with van der Waals surface area (Å²) in [6, 6.07) is 11.7. The Labute approximate surface area is 126 Å². The molecule has 0 saturated carbocycles.